The summed E-state index contributed by atoms with van der Waals surface area (Å²) in [5, 5.41) is 15.4. The molecule has 1 amide bonds. The van der Waals surface area contributed by atoms with Crippen molar-refractivity contribution < 1.29 is 4.79 Å². The topological polar surface area (TPSA) is 97.9 Å². The third-order valence-corrected chi connectivity index (χ3v) is 3.63. The van der Waals surface area contributed by atoms with Crippen LogP contribution in [0.1, 0.15) is 6.42 Å². The second kappa shape index (κ2) is 5.60. The third-order valence-electron chi connectivity index (χ3n) is 3.63. The van der Waals surface area contributed by atoms with Crippen LogP contribution < -0.4 is 10.9 Å². The molecule has 9 nitrogen and oxygen atoms in total. The maximum absolute atomic E-state index is 12.2. The first-order valence-corrected chi connectivity index (χ1v) is 6.91. The zero-order valence-electron chi connectivity index (χ0n) is 11.8. The summed E-state index contributed by atoms with van der Waals surface area (Å²) in [7, 11) is 1.70. The average molecular weight is 291 g/mol. The van der Waals surface area contributed by atoms with E-state index < -0.39 is 0 Å². The van der Waals surface area contributed by atoms with Crippen LogP contribution in [0, 0.1) is 0 Å². The zero-order chi connectivity index (χ0) is 14.8. The normalized spacial score (nSPS) is 15.6. The number of rotatable bonds is 3. The predicted octanol–water partition coefficient (Wildman–Crippen LogP) is -1.65. The van der Waals surface area contributed by atoms with E-state index in [4.69, 9.17) is 0 Å². The molecule has 0 bridgehead atoms. The molecule has 2 aromatic rings. The second-order valence-corrected chi connectivity index (χ2v) is 5.00. The van der Waals surface area contributed by atoms with Crippen LogP contribution in [0.3, 0.4) is 0 Å². The van der Waals surface area contributed by atoms with Crippen LogP contribution in [0.25, 0.3) is 11.0 Å². The van der Waals surface area contributed by atoms with E-state index >= 15 is 0 Å². The number of nitrogens with one attached hydrogen (secondary N) is 1. The van der Waals surface area contributed by atoms with Crippen LogP contribution in [0.15, 0.2) is 11.0 Å². The smallest absolute Gasteiger partial charge is 0.280 e. The lowest BCUT2D eigenvalue weighted by molar-refractivity contribution is -0.132. The van der Waals surface area contributed by atoms with Crippen molar-refractivity contribution in [1.82, 2.24) is 35.0 Å². The van der Waals surface area contributed by atoms with Gasteiger partial charge in [-0.1, -0.05) is 5.21 Å². The molecule has 9 heteroatoms. The summed E-state index contributed by atoms with van der Waals surface area (Å²) in [6, 6.07) is 0. The van der Waals surface area contributed by atoms with E-state index in [0.29, 0.717) is 24.1 Å². The molecule has 0 radical (unpaired) electrons. The third kappa shape index (κ3) is 2.64. The van der Waals surface area contributed by atoms with Crippen LogP contribution in [0.2, 0.25) is 0 Å². The molecule has 3 rings (SSSR count). The fourth-order valence-corrected chi connectivity index (χ4v) is 2.40. The van der Waals surface area contributed by atoms with E-state index in [1.807, 2.05) is 0 Å². The lowest BCUT2D eigenvalue weighted by Crippen LogP contribution is -2.46. The molecule has 1 aliphatic heterocycles. The summed E-state index contributed by atoms with van der Waals surface area (Å²) in [5.74, 6) is 0.0384. The van der Waals surface area contributed by atoms with E-state index in [9.17, 15) is 9.59 Å². The van der Waals surface area contributed by atoms with E-state index in [1.165, 1.54) is 15.6 Å². The zero-order valence-corrected chi connectivity index (χ0v) is 11.8. The quantitative estimate of drug-likeness (QED) is 0.727. The fourth-order valence-electron chi connectivity index (χ4n) is 2.40. The Labute approximate surface area is 120 Å². The van der Waals surface area contributed by atoms with Crippen LogP contribution in [-0.4, -0.2) is 61.8 Å². The molecule has 2 aromatic heterocycles. The van der Waals surface area contributed by atoms with Crippen LogP contribution in [-0.2, 0) is 18.4 Å². The highest BCUT2D eigenvalue weighted by atomic mass is 16.2. The largest absolute Gasteiger partial charge is 0.340 e. The maximum atomic E-state index is 12.2. The van der Waals surface area contributed by atoms with E-state index in [1.54, 1.807) is 11.9 Å². The first-order chi connectivity index (χ1) is 10.2. The number of piperazine rings is 1. The number of hydrogen-bond acceptors (Lipinski definition) is 6. The van der Waals surface area contributed by atoms with Gasteiger partial charge in [-0.25, -0.2) is 9.36 Å². The van der Waals surface area contributed by atoms with Crippen molar-refractivity contribution in [3.05, 3.63) is 16.6 Å². The first kappa shape index (κ1) is 13.7. The number of amides is 1. The molecule has 1 N–H and O–H groups in total. The number of aryl methyl sites for hydroxylation is 2. The number of aromatic nitrogens is 5. The lowest BCUT2D eigenvalue weighted by Gasteiger charge is -2.27. The molecular formula is C12H17N7O2. The predicted molar refractivity (Wildman–Crippen MR) is 74.6 cm³/mol. The Kier molecular flexibility index (Phi) is 3.65. The van der Waals surface area contributed by atoms with Gasteiger partial charge in [0.05, 0.1) is 12.7 Å². The summed E-state index contributed by atoms with van der Waals surface area (Å²) in [6.45, 7) is 3.28. The Bertz CT molecular complexity index is 714. The Morgan fingerprint density at radius 3 is 2.90 bits per heavy atom. The number of carbonyl (C=O) groups is 1. The Morgan fingerprint density at radius 1 is 1.38 bits per heavy atom. The molecule has 3 heterocycles. The molecular weight excluding hydrogens is 274 g/mol. The molecule has 112 valence electrons. The minimum absolute atomic E-state index is 0.0384. The van der Waals surface area contributed by atoms with Crippen molar-refractivity contribution in [1.29, 1.82) is 0 Å². The molecule has 1 fully saturated rings. The van der Waals surface area contributed by atoms with Gasteiger partial charge < -0.3 is 10.2 Å². The van der Waals surface area contributed by atoms with Crippen molar-refractivity contribution >= 4 is 16.9 Å². The van der Waals surface area contributed by atoms with Crippen molar-refractivity contribution in [3.8, 4) is 0 Å². The number of nitrogens with zero attached hydrogens (tertiary/aromatic N) is 6. The molecule has 0 atom stereocenters. The van der Waals surface area contributed by atoms with Gasteiger partial charge in [-0.2, -0.15) is 5.10 Å². The minimum atomic E-state index is -0.263. The Morgan fingerprint density at radius 2 is 2.14 bits per heavy atom. The molecule has 0 spiro atoms. The fraction of sp³-hybridized carbons (Fsp3) is 0.583. The monoisotopic (exact) mass is 291 g/mol. The Hall–Kier alpha value is -2.29. The van der Waals surface area contributed by atoms with Gasteiger partial charge >= 0.3 is 0 Å². The molecule has 21 heavy (non-hydrogen) atoms. The molecule has 0 saturated carbocycles. The highest BCUT2D eigenvalue weighted by Crippen LogP contribution is 2.03. The summed E-state index contributed by atoms with van der Waals surface area (Å²) in [4.78, 5) is 26.1. The first-order valence-electron chi connectivity index (χ1n) is 6.91. The van der Waals surface area contributed by atoms with Gasteiger partial charge in [-0.05, 0) is 0 Å². The molecule has 0 unspecified atom stereocenters. The van der Waals surface area contributed by atoms with E-state index in [2.05, 4.69) is 20.7 Å². The Balaban J connectivity index is 1.71. The van der Waals surface area contributed by atoms with Gasteiger partial charge in [-0.15, -0.1) is 5.10 Å². The van der Waals surface area contributed by atoms with Gasteiger partial charge in [0.25, 0.3) is 5.56 Å². The van der Waals surface area contributed by atoms with Gasteiger partial charge in [0.15, 0.2) is 5.65 Å². The maximum Gasteiger partial charge on any atom is 0.280 e. The average Bonchev–Trinajstić information content (AvgIpc) is 2.89. The van der Waals surface area contributed by atoms with Gasteiger partial charge in [0, 0.05) is 39.6 Å². The summed E-state index contributed by atoms with van der Waals surface area (Å²) >= 11 is 0. The SMILES string of the molecule is Cn1ncc2c(=O)n(CCC(=O)N3CCNCC3)nnc21. The molecule has 0 aromatic carbocycles. The molecule has 1 saturated heterocycles. The minimum Gasteiger partial charge on any atom is -0.340 e. The highest BCUT2D eigenvalue weighted by molar-refractivity contribution is 5.76. The van der Waals surface area contributed by atoms with E-state index in [-0.39, 0.29) is 24.4 Å². The summed E-state index contributed by atoms with van der Waals surface area (Å²) in [6.07, 6.45) is 1.72. The second-order valence-electron chi connectivity index (χ2n) is 5.00. The van der Waals surface area contributed by atoms with Crippen molar-refractivity contribution in [2.24, 2.45) is 7.05 Å². The van der Waals surface area contributed by atoms with Crippen molar-refractivity contribution in [3.63, 3.8) is 0 Å². The van der Waals surface area contributed by atoms with Gasteiger partial charge in [0.1, 0.15) is 5.39 Å². The van der Waals surface area contributed by atoms with Gasteiger partial charge in [-0.3, -0.25) is 9.59 Å². The summed E-state index contributed by atoms with van der Waals surface area (Å²) in [5.41, 5.74) is 0.186. The molecule has 1 aliphatic rings. The van der Waals surface area contributed by atoms with Gasteiger partial charge in [0.2, 0.25) is 5.91 Å². The standard InChI is InChI=1S/C12H17N7O2/c1-17-11-9(8-14-17)12(21)19(16-15-11)5-2-10(20)18-6-3-13-4-7-18/h8,13H,2-7H2,1H3. The molecule has 0 aliphatic carbocycles. The van der Waals surface area contributed by atoms with E-state index in [0.717, 1.165) is 13.1 Å². The van der Waals surface area contributed by atoms with Crippen LogP contribution >= 0.6 is 0 Å². The van der Waals surface area contributed by atoms with Crippen molar-refractivity contribution in [2.45, 2.75) is 13.0 Å². The lowest BCUT2D eigenvalue weighted by atomic mass is 10.3. The number of fused-ring (bicyclic) bond motifs is 1. The highest BCUT2D eigenvalue weighted by Gasteiger charge is 2.17. The number of carbonyl (C=O) groups excluding carboxylic acids is 1. The summed E-state index contributed by atoms with van der Waals surface area (Å²) < 4.78 is 2.73. The van der Waals surface area contributed by atoms with Crippen LogP contribution in [0.4, 0.5) is 0 Å². The number of hydrogen-bond donors (Lipinski definition) is 1. The van der Waals surface area contributed by atoms with Crippen LogP contribution in [0.5, 0.6) is 0 Å². The van der Waals surface area contributed by atoms with Crippen molar-refractivity contribution in [2.75, 3.05) is 26.2 Å².